The molecule has 1 aromatic carbocycles. The Hall–Kier alpha value is -1.35. The summed E-state index contributed by atoms with van der Waals surface area (Å²) in [6.45, 7) is 3.86. The van der Waals surface area contributed by atoms with Crippen LogP contribution in [-0.2, 0) is 14.3 Å². The molecule has 0 radical (unpaired) electrons. The van der Waals surface area contributed by atoms with Gasteiger partial charge in [0.15, 0.2) is 6.10 Å². The van der Waals surface area contributed by atoms with Gasteiger partial charge < -0.3 is 9.47 Å². The quantitative estimate of drug-likeness (QED) is 0.735. The van der Waals surface area contributed by atoms with Crippen LogP contribution in [0.2, 0.25) is 0 Å². The highest BCUT2D eigenvalue weighted by Crippen LogP contribution is 2.36. The molecule has 0 bridgehead atoms. The van der Waals surface area contributed by atoms with Gasteiger partial charge in [-0.3, -0.25) is 0 Å². The average molecular weight is 220 g/mol. The third-order valence-corrected chi connectivity index (χ3v) is 2.70. The SMILES string of the molecule is CCC[C@]1(C)OC(=O)[C@@H](c2ccccc2)O1. The number of hydrogen-bond donors (Lipinski definition) is 0. The Kier molecular flexibility index (Phi) is 2.97. The highest BCUT2D eigenvalue weighted by atomic mass is 16.8. The number of cyclic esters (lactones) is 1. The topological polar surface area (TPSA) is 35.5 Å². The first-order chi connectivity index (χ1) is 7.64. The number of carbonyl (C=O) groups is 1. The first kappa shape index (κ1) is 11.1. The van der Waals surface area contributed by atoms with Crippen LogP contribution in [0.4, 0.5) is 0 Å². The van der Waals surface area contributed by atoms with Crippen molar-refractivity contribution in [1.29, 1.82) is 0 Å². The molecule has 3 heteroatoms. The Balaban J connectivity index is 2.17. The Morgan fingerprint density at radius 1 is 1.31 bits per heavy atom. The highest BCUT2D eigenvalue weighted by molar-refractivity contribution is 5.78. The van der Waals surface area contributed by atoms with Crippen LogP contribution in [0.5, 0.6) is 0 Å². The van der Waals surface area contributed by atoms with Crippen LogP contribution in [0.15, 0.2) is 30.3 Å². The lowest BCUT2D eigenvalue weighted by Gasteiger charge is -2.20. The van der Waals surface area contributed by atoms with E-state index in [1.807, 2.05) is 44.2 Å². The number of benzene rings is 1. The lowest BCUT2D eigenvalue weighted by molar-refractivity contribution is -0.171. The van der Waals surface area contributed by atoms with E-state index in [2.05, 4.69) is 0 Å². The van der Waals surface area contributed by atoms with E-state index in [9.17, 15) is 4.79 Å². The average Bonchev–Trinajstić information content (AvgIpc) is 2.56. The molecule has 1 saturated heterocycles. The summed E-state index contributed by atoms with van der Waals surface area (Å²) in [5.74, 6) is -1.05. The maximum atomic E-state index is 11.7. The van der Waals surface area contributed by atoms with Gasteiger partial charge >= 0.3 is 5.97 Å². The number of rotatable bonds is 3. The molecule has 2 rings (SSSR count). The number of ether oxygens (including phenoxy) is 2. The molecule has 16 heavy (non-hydrogen) atoms. The number of esters is 1. The molecule has 0 saturated carbocycles. The van der Waals surface area contributed by atoms with E-state index in [4.69, 9.17) is 9.47 Å². The molecule has 1 aromatic rings. The normalized spacial score (nSPS) is 29.1. The van der Waals surface area contributed by atoms with E-state index >= 15 is 0 Å². The molecule has 1 fully saturated rings. The number of carbonyl (C=O) groups excluding carboxylic acids is 1. The minimum Gasteiger partial charge on any atom is -0.431 e. The zero-order valence-electron chi connectivity index (χ0n) is 9.60. The summed E-state index contributed by atoms with van der Waals surface area (Å²) in [5.41, 5.74) is 0.854. The fourth-order valence-corrected chi connectivity index (χ4v) is 1.98. The van der Waals surface area contributed by atoms with Crippen molar-refractivity contribution in [3.63, 3.8) is 0 Å². The lowest BCUT2D eigenvalue weighted by Crippen LogP contribution is -2.25. The first-order valence-corrected chi connectivity index (χ1v) is 5.60. The van der Waals surface area contributed by atoms with Gasteiger partial charge in [-0.25, -0.2) is 4.79 Å². The van der Waals surface area contributed by atoms with Gasteiger partial charge in [-0.15, -0.1) is 0 Å². The maximum absolute atomic E-state index is 11.7. The smallest absolute Gasteiger partial charge is 0.342 e. The van der Waals surface area contributed by atoms with E-state index in [0.717, 1.165) is 18.4 Å². The molecule has 0 aliphatic carbocycles. The van der Waals surface area contributed by atoms with Crippen molar-refractivity contribution in [2.24, 2.45) is 0 Å². The molecule has 1 aliphatic rings. The third kappa shape index (κ3) is 2.09. The van der Waals surface area contributed by atoms with E-state index in [0.29, 0.717) is 0 Å². The molecule has 0 N–H and O–H groups in total. The summed E-state index contributed by atoms with van der Waals surface area (Å²) in [7, 11) is 0. The monoisotopic (exact) mass is 220 g/mol. The van der Waals surface area contributed by atoms with Gasteiger partial charge in [-0.05, 0) is 12.0 Å². The summed E-state index contributed by atoms with van der Waals surface area (Å²) in [5, 5.41) is 0. The minimum absolute atomic E-state index is 0.290. The minimum atomic E-state index is -0.758. The first-order valence-electron chi connectivity index (χ1n) is 5.60. The van der Waals surface area contributed by atoms with Gasteiger partial charge in [-0.2, -0.15) is 0 Å². The molecule has 0 unspecified atom stereocenters. The maximum Gasteiger partial charge on any atom is 0.342 e. The van der Waals surface area contributed by atoms with Gasteiger partial charge in [-0.1, -0.05) is 37.3 Å². The molecule has 86 valence electrons. The van der Waals surface area contributed by atoms with Crippen molar-refractivity contribution in [1.82, 2.24) is 0 Å². The van der Waals surface area contributed by atoms with E-state index in [1.54, 1.807) is 0 Å². The standard InChI is InChI=1S/C13H16O3/c1-3-9-13(2)15-11(12(14)16-13)10-7-5-4-6-8-10/h4-8,11H,3,9H2,1-2H3/t11-,13+/m1/s1. The Morgan fingerprint density at radius 3 is 2.62 bits per heavy atom. The zero-order valence-corrected chi connectivity index (χ0v) is 9.60. The van der Waals surface area contributed by atoms with Crippen LogP contribution < -0.4 is 0 Å². The largest absolute Gasteiger partial charge is 0.431 e. The molecular formula is C13H16O3. The van der Waals surface area contributed by atoms with Crippen LogP contribution in [0, 0.1) is 0 Å². The van der Waals surface area contributed by atoms with Crippen LogP contribution in [0.1, 0.15) is 38.4 Å². The van der Waals surface area contributed by atoms with Gasteiger partial charge in [0.25, 0.3) is 0 Å². The van der Waals surface area contributed by atoms with Gasteiger partial charge in [0, 0.05) is 13.3 Å². The van der Waals surface area contributed by atoms with Crippen LogP contribution in [0.25, 0.3) is 0 Å². The van der Waals surface area contributed by atoms with Crippen molar-refractivity contribution >= 4 is 5.97 Å². The second-order valence-corrected chi connectivity index (χ2v) is 4.21. The van der Waals surface area contributed by atoms with Gasteiger partial charge in [0.2, 0.25) is 5.79 Å². The van der Waals surface area contributed by atoms with E-state index in [1.165, 1.54) is 0 Å². The van der Waals surface area contributed by atoms with E-state index in [-0.39, 0.29) is 5.97 Å². The number of hydrogen-bond acceptors (Lipinski definition) is 3. The van der Waals surface area contributed by atoms with Crippen molar-refractivity contribution < 1.29 is 14.3 Å². The van der Waals surface area contributed by atoms with Crippen molar-refractivity contribution in [2.75, 3.05) is 0 Å². The van der Waals surface area contributed by atoms with Gasteiger partial charge in [0.05, 0.1) is 0 Å². The summed E-state index contributed by atoms with van der Waals surface area (Å²) in [6, 6.07) is 9.45. The summed E-state index contributed by atoms with van der Waals surface area (Å²) < 4.78 is 11.0. The molecule has 0 aromatic heterocycles. The third-order valence-electron chi connectivity index (χ3n) is 2.70. The van der Waals surface area contributed by atoms with Crippen LogP contribution in [0.3, 0.4) is 0 Å². The summed E-state index contributed by atoms with van der Waals surface area (Å²) >= 11 is 0. The van der Waals surface area contributed by atoms with E-state index < -0.39 is 11.9 Å². The van der Waals surface area contributed by atoms with Crippen molar-refractivity contribution in [3.05, 3.63) is 35.9 Å². The fourth-order valence-electron chi connectivity index (χ4n) is 1.98. The van der Waals surface area contributed by atoms with Crippen LogP contribution in [-0.4, -0.2) is 11.8 Å². The van der Waals surface area contributed by atoms with Gasteiger partial charge in [0.1, 0.15) is 0 Å². The Morgan fingerprint density at radius 2 is 2.00 bits per heavy atom. The molecule has 1 aliphatic heterocycles. The molecule has 3 nitrogen and oxygen atoms in total. The second kappa shape index (κ2) is 4.26. The zero-order chi connectivity index (χ0) is 11.6. The Bertz CT molecular complexity index is 374. The predicted molar refractivity (Wildman–Crippen MR) is 59.7 cm³/mol. The molecule has 0 amide bonds. The lowest BCUT2D eigenvalue weighted by atomic mass is 10.1. The molecule has 2 atom stereocenters. The van der Waals surface area contributed by atoms with Crippen molar-refractivity contribution in [3.8, 4) is 0 Å². The Labute approximate surface area is 95.4 Å². The van der Waals surface area contributed by atoms with Crippen molar-refractivity contribution in [2.45, 2.75) is 38.6 Å². The predicted octanol–water partition coefficient (Wildman–Crippen LogP) is 2.82. The molecule has 0 spiro atoms. The second-order valence-electron chi connectivity index (χ2n) is 4.21. The highest BCUT2D eigenvalue weighted by Gasteiger charge is 2.44. The summed E-state index contributed by atoms with van der Waals surface area (Å²) in [4.78, 5) is 11.7. The molecular weight excluding hydrogens is 204 g/mol. The van der Waals surface area contributed by atoms with Crippen LogP contribution >= 0.6 is 0 Å². The summed E-state index contributed by atoms with van der Waals surface area (Å²) in [6.07, 6.45) is 1.07. The fraction of sp³-hybridized carbons (Fsp3) is 0.462. The molecule has 1 heterocycles.